The minimum Gasteiger partial charge on any atom is -0.0854 e. The van der Waals surface area contributed by atoms with Gasteiger partial charge in [0.15, 0.2) is 0 Å². The van der Waals surface area contributed by atoms with Crippen molar-refractivity contribution < 1.29 is 0 Å². The largest absolute Gasteiger partial charge is 0.0854 e. The summed E-state index contributed by atoms with van der Waals surface area (Å²) in [5.41, 5.74) is 7.60. The van der Waals surface area contributed by atoms with Crippen molar-refractivity contribution in [2.75, 3.05) is 0 Å². The van der Waals surface area contributed by atoms with Crippen LogP contribution in [0.2, 0.25) is 0 Å². The zero-order chi connectivity index (χ0) is 4.83. The van der Waals surface area contributed by atoms with Crippen LogP contribution in [-0.4, -0.2) is 0 Å². The molecule has 0 aromatic rings. The molecule has 0 aliphatic rings. The minimum atomic E-state index is 1.39. The molecule has 0 aromatic heterocycles. The molecule has 0 bridgehead atoms. The van der Waals surface area contributed by atoms with Gasteiger partial charge in [-0.15, -0.1) is 0 Å². The molecule has 0 N–H and O–H groups in total. The van der Waals surface area contributed by atoms with E-state index in [-0.39, 0.29) is 0 Å². The van der Waals surface area contributed by atoms with Crippen LogP contribution in [0.3, 0.4) is 0 Å². The molecule has 0 aliphatic carbocycles. The van der Waals surface area contributed by atoms with Crippen molar-refractivity contribution in [3.63, 3.8) is 0 Å². The lowest BCUT2D eigenvalue weighted by Crippen LogP contribution is -1.34. The Morgan fingerprint density at radius 1 is 1.83 bits per heavy atom. The molecule has 0 aromatic carbocycles. The number of hydrogen-bond donors (Lipinski definition) is 0. The summed E-state index contributed by atoms with van der Waals surface area (Å²) in [6.07, 6.45) is 3.06. The molecule has 3 nitrogen and oxygen atoms in total. The first-order valence-electron chi connectivity index (χ1n) is 1.57. The molecule has 0 rings (SSSR count). The first-order valence-corrected chi connectivity index (χ1v) is 1.57. The fraction of sp³-hybridized carbons (Fsp3) is 0.333. The molecule has 0 spiro atoms. The van der Waals surface area contributed by atoms with Crippen molar-refractivity contribution in [1.82, 2.24) is 0 Å². The third-order valence-corrected chi connectivity index (χ3v) is 0.267. The summed E-state index contributed by atoms with van der Waals surface area (Å²) < 4.78 is 0. The van der Waals surface area contributed by atoms with Crippen molar-refractivity contribution in [3.8, 4) is 0 Å². The van der Waals surface area contributed by atoms with Gasteiger partial charge >= 0.3 is 0 Å². The number of allylic oxidation sites excluding steroid dienone is 1. The fourth-order valence-corrected chi connectivity index (χ4v) is 0.0965. The maximum atomic E-state index is 7.60. The zero-order valence-corrected chi connectivity index (χ0v) is 3.50. The SMILES string of the molecule is C/C=C/N=[N+]=[N-]. The molecule has 0 saturated heterocycles. The lowest BCUT2D eigenvalue weighted by molar-refractivity contribution is 1.48. The van der Waals surface area contributed by atoms with Crippen molar-refractivity contribution in [2.45, 2.75) is 6.92 Å². The van der Waals surface area contributed by atoms with Gasteiger partial charge in [-0.3, -0.25) is 0 Å². The van der Waals surface area contributed by atoms with Gasteiger partial charge in [0, 0.05) is 4.91 Å². The van der Waals surface area contributed by atoms with Crippen LogP contribution in [0.1, 0.15) is 6.92 Å². The second-order valence-corrected chi connectivity index (χ2v) is 0.687. The fourth-order valence-electron chi connectivity index (χ4n) is 0.0965. The summed E-state index contributed by atoms with van der Waals surface area (Å²) in [4.78, 5) is 2.46. The van der Waals surface area contributed by atoms with Crippen molar-refractivity contribution in [1.29, 1.82) is 0 Å². The van der Waals surface area contributed by atoms with E-state index in [0.29, 0.717) is 0 Å². The normalized spacial score (nSPS) is 8.17. The van der Waals surface area contributed by atoms with Crippen LogP contribution in [0, 0.1) is 0 Å². The van der Waals surface area contributed by atoms with E-state index in [0.717, 1.165) is 0 Å². The van der Waals surface area contributed by atoms with Crippen LogP contribution in [0.15, 0.2) is 17.4 Å². The number of rotatable bonds is 1. The average molecular weight is 83.1 g/mol. The van der Waals surface area contributed by atoms with Crippen LogP contribution in [0.4, 0.5) is 0 Å². The first-order chi connectivity index (χ1) is 2.91. The smallest absolute Gasteiger partial charge is 0.00474 e. The Morgan fingerprint density at radius 3 is 2.67 bits per heavy atom. The van der Waals surface area contributed by atoms with Gasteiger partial charge in [-0.1, -0.05) is 11.2 Å². The molecule has 0 fully saturated rings. The lowest BCUT2D eigenvalue weighted by Gasteiger charge is -1.55. The van der Waals surface area contributed by atoms with Crippen LogP contribution < -0.4 is 0 Å². The van der Waals surface area contributed by atoms with Gasteiger partial charge in [-0.25, -0.2) is 0 Å². The Balaban J connectivity index is 3.33. The van der Waals surface area contributed by atoms with Crippen LogP contribution in [0.5, 0.6) is 0 Å². The van der Waals surface area contributed by atoms with Gasteiger partial charge in [0.25, 0.3) is 0 Å². The quantitative estimate of drug-likeness (QED) is 0.264. The van der Waals surface area contributed by atoms with Gasteiger partial charge in [-0.05, 0) is 18.7 Å². The molecule has 0 atom stereocenters. The third-order valence-electron chi connectivity index (χ3n) is 0.267. The van der Waals surface area contributed by atoms with Gasteiger partial charge in [0.1, 0.15) is 0 Å². The molecule has 0 unspecified atom stereocenters. The highest BCUT2D eigenvalue weighted by molar-refractivity contribution is 4.73. The van der Waals surface area contributed by atoms with Gasteiger partial charge in [-0.2, -0.15) is 0 Å². The first kappa shape index (κ1) is 5.05. The Morgan fingerprint density at radius 2 is 2.50 bits per heavy atom. The Labute approximate surface area is 35.9 Å². The second-order valence-electron chi connectivity index (χ2n) is 0.687. The standard InChI is InChI=1S/C3H5N3/c1-2-3-5-6-4/h2-3H,1H3/b3-2+. The molecule has 0 amide bonds. The number of hydrogen-bond acceptors (Lipinski definition) is 1. The highest BCUT2D eigenvalue weighted by Gasteiger charge is 1.47. The van der Waals surface area contributed by atoms with Crippen molar-refractivity contribution >= 4 is 0 Å². The van der Waals surface area contributed by atoms with Crippen molar-refractivity contribution in [3.05, 3.63) is 22.7 Å². The molecular formula is C3H5N3. The van der Waals surface area contributed by atoms with E-state index in [4.69, 9.17) is 5.53 Å². The second kappa shape index (κ2) is 4.05. The van der Waals surface area contributed by atoms with Gasteiger partial charge in [0.05, 0.1) is 0 Å². The third kappa shape index (κ3) is 3.05. The van der Waals surface area contributed by atoms with Crippen molar-refractivity contribution in [2.24, 2.45) is 5.11 Å². The summed E-state index contributed by atoms with van der Waals surface area (Å²) in [6, 6.07) is 0. The van der Waals surface area contributed by atoms with E-state index in [1.165, 1.54) is 6.20 Å². The zero-order valence-electron chi connectivity index (χ0n) is 3.50. The van der Waals surface area contributed by atoms with Crippen LogP contribution in [0.25, 0.3) is 10.4 Å². The van der Waals surface area contributed by atoms with E-state index in [9.17, 15) is 0 Å². The summed E-state index contributed by atoms with van der Waals surface area (Å²) in [7, 11) is 0. The Kier molecular flexibility index (Phi) is 3.41. The Hall–Kier alpha value is -0.950. The lowest BCUT2D eigenvalue weighted by atomic mass is 10.7. The van der Waals surface area contributed by atoms with Gasteiger partial charge < -0.3 is 0 Å². The van der Waals surface area contributed by atoms with E-state index in [1.807, 2.05) is 0 Å². The van der Waals surface area contributed by atoms with E-state index < -0.39 is 0 Å². The molecule has 3 heteroatoms. The molecule has 0 heterocycles. The van der Waals surface area contributed by atoms with Crippen LogP contribution in [-0.2, 0) is 0 Å². The van der Waals surface area contributed by atoms with E-state index in [1.54, 1.807) is 13.0 Å². The summed E-state index contributed by atoms with van der Waals surface area (Å²) in [6.45, 7) is 1.79. The van der Waals surface area contributed by atoms with E-state index in [2.05, 4.69) is 10.0 Å². The molecule has 0 aliphatic heterocycles. The number of azide groups is 1. The average Bonchev–Trinajstić information content (AvgIpc) is 1.61. The number of nitrogens with zero attached hydrogens (tertiary/aromatic N) is 3. The summed E-state index contributed by atoms with van der Waals surface area (Å²) in [5.74, 6) is 0. The van der Waals surface area contributed by atoms with Crippen LogP contribution >= 0.6 is 0 Å². The molecule has 0 saturated carbocycles. The maximum absolute atomic E-state index is 7.60. The summed E-state index contributed by atoms with van der Waals surface area (Å²) in [5, 5.41) is 3.09. The highest BCUT2D eigenvalue weighted by atomic mass is 15.1. The maximum Gasteiger partial charge on any atom is 0.00474 e. The van der Waals surface area contributed by atoms with Gasteiger partial charge in [0.2, 0.25) is 0 Å². The predicted octanol–water partition coefficient (Wildman–Crippen LogP) is 1.83. The molecule has 0 radical (unpaired) electrons. The monoisotopic (exact) mass is 83.0 g/mol. The minimum absolute atomic E-state index is 1.39. The Bertz CT molecular complexity index is 88.2. The molecular weight excluding hydrogens is 78.1 g/mol. The highest BCUT2D eigenvalue weighted by Crippen LogP contribution is 1.69. The summed E-state index contributed by atoms with van der Waals surface area (Å²) >= 11 is 0. The molecule has 32 valence electrons. The topological polar surface area (TPSA) is 48.8 Å². The van der Waals surface area contributed by atoms with E-state index >= 15 is 0 Å². The predicted molar refractivity (Wildman–Crippen MR) is 24.0 cm³/mol. The molecule has 6 heavy (non-hydrogen) atoms.